The average molecular weight is 302 g/mol. The minimum absolute atomic E-state index is 0.0462. The first-order chi connectivity index (χ1) is 10.6. The van der Waals surface area contributed by atoms with E-state index in [2.05, 4.69) is 30.2 Å². The van der Waals surface area contributed by atoms with Gasteiger partial charge in [0.15, 0.2) is 5.69 Å². The molecule has 0 bridgehead atoms. The van der Waals surface area contributed by atoms with Crippen molar-refractivity contribution < 1.29 is 9.32 Å². The Labute approximate surface area is 130 Å². The van der Waals surface area contributed by atoms with Crippen LogP contribution < -0.4 is 0 Å². The third kappa shape index (κ3) is 2.77. The fourth-order valence-corrected chi connectivity index (χ4v) is 3.08. The first kappa shape index (κ1) is 14.8. The quantitative estimate of drug-likeness (QED) is 0.870. The summed E-state index contributed by atoms with van der Waals surface area (Å²) in [5.41, 5.74) is 2.57. The van der Waals surface area contributed by atoms with Crippen molar-refractivity contribution in [3.05, 3.63) is 35.0 Å². The second-order valence-corrected chi connectivity index (χ2v) is 5.99. The summed E-state index contributed by atoms with van der Waals surface area (Å²) >= 11 is 0. The highest BCUT2D eigenvalue weighted by molar-refractivity contribution is 5.92. The molecule has 1 atom stereocenters. The summed E-state index contributed by atoms with van der Waals surface area (Å²) in [6, 6.07) is 4.08. The second kappa shape index (κ2) is 5.94. The number of rotatable bonds is 4. The van der Waals surface area contributed by atoms with Gasteiger partial charge in [0.25, 0.3) is 5.91 Å². The summed E-state index contributed by atoms with van der Waals surface area (Å²) in [6.07, 6.45) is 2.72. The summed E-state index contributed by atoms with van der Waals surface area (Å²) in [5.74, 6) is 0.732. The Morgan fingerprint density at radius 3 is 2.91 bits per heavy atom. The van der Waals surface area contributed by atoms with Crippen LogP contribution in [0.2, 0.25) is 0 Å². The Morgan fingerprint density at radius 2 is 2.23 bits per heavy atom. The number of carbonyl (C=O) groups excluding carboxylic acids is 1. The molecule has 0 radical (unpaired) electrons. The van der Waals surface area contributed by atoms with E-state index in [1.54, 1.807) is 6.07 Å². The summed E-state index contributed by atoms with van der Waals surface area (Å²) in [7, 11) is 0. The maximum Gasteiger partial charge on any atom is 0.276 e. The number of nitrogens with zero attached hydrogens (tertiary/aromatic N) is 4. The normalized spacial score (nSPS) is 18.1. The van der Waals surface area contributed by atoms with Crippen LogP contribution in [0.1, 0.15) is 53.4 Å². The molecule has 2 aromatic heterocycles. The Balaban J connectivity index is 1.69. The van der Waals surface area contributed by atoms with Crippen LogP contribution in [0.25, 0.3) is 0 Å². The van der Waals surface area contributed by atoms with E-state index in [0.717, 1.165) is 43.0 Å². The molecule has 1 aliphatic heterocycles. The number of hydrogen-bond donors (Lipinski definition) is 0. The van der Waals surface area contributed by atoms with Gasteiger partial charge < -0.3 is 9.42 Å². The van der Waals surface area contributed by atoms with Crippen molar-refractivity contribution >= 4 is 5.91 Å². The number of aryl methyl sites for hydroxylation is 3. The van der Waals surface area contributed by atoms with Crippen LogP contribution in [0.15, 0.2) is 16.7 Å². The first-order valence-electron chi connectivity index (χ1n) is 7.86. The molecule has 3 heterocycles. The van der Waals surface area contributed by atoms with Gasteiger partial charge in [0.2, 0.25) is 0 Å². The molecule has 2 aromatic rings. The van der Waals surface area contributed by atoms with Crippen molar-refractivity contribution in [3.63, 3.8) is 0 Å². The Bertz CT molecular complexity index is 673. The minimum Gasteiger partial charge on any atom is -0.361 e. The van der Waals surface area contributed by atoms with Crippen molar-refractivity contribution in [1.82, 2.24) is 19.8 Å². The minimum atomic E-state index is -0.0462. The third-order valence-electron chi connectivity index (χ3n) is 4.12. The number of amides is 1. The highest BCUT2D eigenvalue weighted by Gasteiger charge is 2.30. The molecule has 0 aliphatic carbocycles. The Kier molecular flexibility index (Phi) is 4.00. The van der Waals surface area contributed by atoms with Crippen LogP contribution in [-0.2, 0) is 6.42 Å². The third-order valence-corrected chi connectivity index (χ3v) is 4.12. The summed E-state index contributed by atoms with van der Waals surface area (Å²) in [5, 5.41) is 8.44. The molecule has 0 spiro atoms. The van der Waals surface area contributed by atoms with Gasteiger partial charge in [0.1, 0.15) is 5.76 Å². The smallest absolute Gasteiger partial charge is 0.276 e. The van der Waals surface area contributed by atoms with E-state index in [0.29, 0.717) is 12.2 Å². The lowest BCUT2D eigenvalue weighted by atomic mass is 10.2. The van der Waals surface area contributed by atoms with E-state index < -0.39 is 0 Å². The van der Waals surface area contributed by atoms with Crippen LogP contribution in [0, 0.1) is 13.8 Å². The van der Waals surface area contributed by atoms with Crippen LogP contribution >= 0.6 is 0 Å². The molecule has 0 saturated carbocycles. The lowest BCUT2D eigenvalue weighted by molar-refractivity contribution is 0.0776. The highest BCUT2D eigenvalue weighted by Crippen LogP contribution is 2.24. The van der Waals surface area contributed by atoms with Gasteiger partial charge in [0.05, 0.1) is 11.7 Å². The van der Waals surface area contributed by atoms with Crippen LogP contribution in [-0.4, -0.2) is 38.8 Å². The van der Waals surface area contributed by atoms with Gasteiger partial charge >= 0.3 is 0 Å². The van der Waals surface area contributed by atoms with E-state index in [1.165, 1.54) is 0 Å². The number of likely N-dealkylation sites (tertiary alicyclic amines) is 1. The number of aromatic nitrogens is 3. The molecule has 118 valence electrons. The molecule has 0 aromatic carbocycles. The summed E-state index contributed by atoms with van der Waals surface area (Å²) in [4.78, 5) is 14.3. The molecule has 22 heavy (non-hydrogen) atoms. The maximum absolute atomic E-state index is 12.5. The molecular weight excluding hydrogens is 280 g/mol. The fourth-order valence-electron chi connectivity index (χ4n) is 3.08. The van der Waals surface area contributed by atoms with E-state index in [9.17, 15) is 4.79 Å². The standard InChI is InChI=1S/C16H22N4O2/c1-4-5-14-9-15(18-22-14)16(21)19-7-6-13(10-19)20-12(3)8-11(2)17-20/h8-9,13H,4-7,10H2,1-3H3/t13-/m1/s1. The van der Waals surface area contributed by atoms with Crippen LogP contribution in [0.3, 0.4) is 0 Å². The summed E-state index contributed by atoms with van der Waals surface area (Å²) in [6.45, 7) is 7.53. The van der Waals surface area contributed by atoms with E-state index >= 15 is 0 Å². The van der Waals surface area contributed by atoms with Crippen molar-refractivity contribution in [1.29, 1.82) is 0 Å². The van der Waals surface area contributed by atoms with Gasteiger partial charge in [-0.1, -0.05) is 12.1 Å². The molecule has 1 amide bonds. The molecule has 0 N–H and O–H groups in total. The Morgan fingerprint density at radius 1 is 1.41 bits per heavy atom. The largest absolute Gasteiger partial charge is 0.361 e. The van der Waals surface area contributed by atoms with Gasteiger partial charge in [-0.15, -0.1) is 0 Å². The van der Waals surface area contributed by atoms with E-state index in [-0.39, 0.29) is 11.9 Å². The first-order valence-corrected chi connectivity index (χ1v) is 7.86. The zero-order chi connectivity index (χ0) is 15.7. The molecule has 6 heteroatoms. The lowest BCUT2D eigenvalue weighted by Gasteiger charge is -2.16. The van der Waals surface area contributed by atoms with Gasteiger partial charge in [-0.05, 0) is 32.8 Å². The van der Waals surface area contributed by atoms with Crippen LogP contribution in [0.4, 0.5) is 0 Å². The molecule has 1 fully saturated rings. The molecule has 3 rings (SSSR count). The zero-order valence-corrected chi connectivity index (χ0v) is 13.4. The molecule has 6 nitrogen and oxygen atoms in total. The van der Waals surface area contributed by atoms with Crippen molar-refractivity contribution in [2.75, 3.05) is 13.1 Å². The highest BCUT2D eigenvalue weighted by atomic mass is 16.5. The SMILES string of the molecule is CCCc1cc(C(=O)N2CC[C@@H](n3nc(C)cc3C)C2)no1. The predicted molar refractivity (Wildman–Crippen MR) is 81.8 cm³/mol. The molecule has 0 unspecified atom stereocenters. The van der Waals surface area contributed by atoms with Crippen molar-refractivity contribution in [3.8, 4) is 0 Å². The van der Waals surface area contributed by atoms with Gasteiger partial charge in [-0.2, -0.15) is 5.10 Å². The fraction of sp³-hybridized carbons (Fsp3) is 0.562. The van der Waals surface area contributed by atoms with E-state index in [1.807, 2.05) is 16.5 Å². The monoisotopic (exact) mass is 302 g/mol. The van der Waals surface area contributed by atoms with Gasteiger partial charge in [0, 0.05) is 31.3 Å². The van der Waals surface area contributed by atoms with Gasteiger partial charge in [-0.3, -0.25) is 9.48 Å². The van der Waals surface area contributed by atoms with Crippen molar-refractivity contribution in [2.24, 2.45) is 0 Å². The Hall–Kier alpha value is -2.11. The number of hydrogen-bond acceptors (Lipinski definition) is 4. The summed E-state index contributed by atoms with van der Waals surface area (Å²) < 4.78 is 7.24. The van der Waals surface area contributed by atoms with Crippen molar-refractivity contribution in [2.45, 2.75) is 46.1 Å². The average Bonchev–Trinajstić information content (AvgIpc) is 3.18. The molecule has 1 saturated heterocycles. The predicted octanol–water partition coefficient (Wildman–Crippen LogP) is 2.53. The van der Waals surface area contributed by atoms with E-state index in [4.69, 9.17) is 4.52 Å². The maximum atomic E-state index is 12.5. The topological polar surface area (TPSA) is 64.2 Å². The lowest BCUT2D eigenvalue weighted by Crippen LogP contribution is -2.29. The molecular formula is C16H22N4O2. The van der Waals surface area contributed by atoms with Crippen LogP contribution in [0.5, 0.6) is 0 Å². The zero-order valence-electron chi connectivity index (χ0n) is 13.4. The van der Waals surface area contributed by atoms with Gasteiger partial charge in [-0.25, -0.2) is 0 Å². The second-order valence-electron chi connectivity index (χ2n) is 5.99. The number of carbonyl (C=O) groups is 1. The molecule has 1 aliphatic rings.